The summed E-state index contributed by atoms with van der Waals surface area (Å²) >= 11 is 0. The molecule has 0 fully saturated rings. The molecule has 1 aromatic carbocycles. The Labute approximate surface area is 154 Å². The van der Waals surface area contributed by atoms with Crippen LogP contribution in [0.3, 0.4) is 0 Å². The topological polar surface area (TPSA) is 79.2 Å². The first-order valence-corrected chi connectivity index (χ1v) is 9.41. The van der Waals surface area contributed by atoms with Crippen molar-refractivity contribution in [2.45, 2.75) is 44.7 Å². The Bertz CT molecular complexity index is 727. The summed E-state index contributed by atoms with van der Waals surface area (Å²) in [6.07, 6.45) is 4.42. The molecule has 0 bridgehead atoms. The highest BCUT2D eigenvalue weighted by molar-refractivity contribution is 5.93. The van der Waals surface area contributed by atoms with Crippen molar-refractivity contribution in [1.82, 2.24) is 20.4 Å². The fraction of sp³-hybridized carbons (Fsp3) is 0.500. The van der Waals surface area contributed by atoms with Gasteiger partial charge in [-0.2, -0.15) is 5.10 Å². The molecule has 0 spiro atoms. The van der Waals surface area contributed by atoms with Gasteiger partial charge >= 0.3 is 0 Å². The van der Waals surface area contributed by atoms with Crippen LogP contribution in [0, 0.1) is 0 Å². The lowest BCUT2D eigenvalue weighted by molar-refractivity contribution is 0.0956. The predicted octanol–water partition coefficient (Wildman–Crippen LogP) is 1.31. The van der Waals surface area contributed by atoms with Gasteiger partial charge in [0.2, 0.25) is 0 Å². The number of nitrogens with one attached hydrogen (secondary N) is 2. The molecule has 6 nitrogen and oxygen atoms in total. The zero-order valence-electron chi connectivity index (χ0n) is 15.4. The lowest BCUT2D eigenvalue weighted by Gasteiger charge is -2.24. The monoisotopic (exact) mass is 356 g/mol. The van der Waals surface area contributed by atoms with Crippen LogP contribution >= 0.6 is 0 Å². The lowest BCUT2D eigenvalue weighted by atomic mass is 9.91. The number of benzene rings is 1. The van der Waals surface area contributed by atoms with Crippen molar-refractivity contribution < 1.29 is 9.90 Å². The van der Waals surface area contributed by atoms with Crippen LogP contribution in [0.2, 0.25) is 0 Å². The Kier molecular flexibility index (Phi) is 6.41. The Morgan fingerprint density at radius 1 is 1.35 bits per heavy atom. The van der Waals surface area contributed by atoms with E-state index < -0.39 is 0 Å². The van der Waals surface area contributed by atoms with Crippen LogP contribution in [0.5, 0.6) is 0 Å². The van der Waals surface area contributed by atoms with E-state index in [0.717, 1.165) is 50.8 Å². The third kappa shape index (κ3) is 4.31. The molecule has 1 atom stereocenters. The molecule has 2 aromatic rings. The maximum atomic E-state index is 12.3. The van der Waals surface area contributed by atoms with E-state index in [1.807, 2.05) is 22.9 Å². The molecule has 3 N–H and O–H groups in total. The van der Waals surface area contributed by atoms with Gasteiger partial charge in [-0.1, -0.05) is 30.3 Å². The fourth-order valence-corrected chi connectivity index (χ4v) is 3.61. The fourth-order valence-electron chi connectivity index (χ4n) is 3.61. The number of hydrogen-bond acceptors (Lipinski definition) is 4. The van der Waals surface area contributed by atoms with E-state index in [2.05, 4.69) is 27.9 Å². The van der Waals surface area contributed by atoms with Gasteiger partial charge in [0.25, 0.3) is 5.91 Å². The number of rotatable bonds is 8. The van der Waals surface area contributed by atoms with Crippen molar-refractivity contribution in [1.29, 1.82) is 0 Å². The number of carbonyl (C=O) groups is 1. The molecule has 26 heavy (non-hydrogen) atoms. The van der Waals surface area contributed by atoms with E-state index in [4.69, 9.17) is 5.11 Å². The number of aryl methyl sites for hydroxylation is 2. The van der Waals surface area contributed by atoms with Gasteiger partial charge in [-0.25, -0.2) is 0 Å². The summed E-state index contributed by atoms with van der Waals surface area (Å²) in [5, 5.41) is 19.8. The van der Waals surface area contributed by atoms with Crippen LogP contribution in [0.25, 0.3) is 0 Å². The van der Waals surface area contributed by atoms with Gasteiger partial charge in [-0.05, 0) is 44.2 Å². The third-order valence-corrected chi connectivity index (χ3v) is 5.01. The van der Waals surface area contributed by atoms with E-state index in [-0.39, 0.29) is 12.5 Å². The van der Waals surface area contributed by atoms with Crippen molar-refractivity contribution in [2.75, 3.05) is 20.2 Å². The van der Waals surface area contributed by atoms with Crippen molar-refractivity contribution in [3.05, 3.63) is 52.8 Å². The number of hydrogen-bond donors (Lipinski definition) is 3. The second-order valence-electron chi connectivity index (χ2n) is 6.78. The maximum Gasteiger partial charge on any atom is 0.271 e. The van der Waals surface area contributed by atoms with Crippen LogP contribution < -0.4 is 10.6 Å². The number of aliphatic hydroxyl groups is 1. The van der Waals surface area contributed by atoms with E-state index in [0.29, 0.717) is 11.7 Å². The summed E-state index contributed by atoms with van der Waals surface area (Å²) in [5.74, 6) is -0.115. The number of aliphatic hydroxyl groups excluding tert-OH is 1. The molecule has 1 heterocycles. The number of carbonyl (C=O) groups excluding carboxylic acids is 1. The summed E-state index contributed by atoms with van der Waals surface area (Å²) < 4.78 is 2.02. The molecule has 3 rings (SSSR count). The molecule has 0 unspecified atom stereocenters. The molecule has 0 saturated carbocycles. The van der Waals surface area contributed by atoms with E-state index in [1.165, 1.54) is 11.3 Å². The van der Waals surface area contributed by atoms with Crippen LogP contribution in [-0.2, 0) is 25.8 Å². The molecular formula is C20H28N4O2. The first-order valence-electron chi connectivity index (χ1n) is 9.41. The molecule has 6 heteroatoms. The molecule has 1 aliphatic rings. The minimum absolute atomic E-state index is 0.115. The Morgan fingerprint density at radius 3 is 2.88 bits per heavy atom. The Hall–Kier alpha value is -2.18. The molecule has 1 aliphatic carbocycles. The summed E-state index contributed by atoms with van der Waals surface area (Å²) in [6.45, 7) is 1.78. The van der Waals surface area contributed by atoms with E-state index >= 15 is 0 Å². The second-order valence-corrected chi connectivity index (χ2v) is 6.78. The van der Waals surface area contributed by atoms with Crippen LogP contribution in [0.1, 0.15) is 40.2 Å². The Morgan fingerprint density at radius 2 is 2.15 bits per heavy atom. The minimum atomic E-state index is -0.115. The molecule has 0 radical (unpaired) electrons. The first kappa shape index (κ1) is 18.6. The molecule has 1 aromatic heterocycles. The van der Waals surface area contributed by atoms with Gasteiger partial charge in [0.15, 0.2) is 5.69 Å². The van der Waals surface area contributed by atoms with Crippen molar-refractivity contribution in [3.8, 4) is 0 Å². The first-order chi connectivity index (χ1) is 12.7. The SMILES string of the molecule is CNC(=O)c1nn(CCc2ccccc2)c2c1C[C@H](NCCCO)CC2. The predicted molar refractivity (Wildman–Crippen MR) is 101 cm³/mol. The normalized spacial score (nSPS) is 16.3. The largest absolute Gasteiger partial charge is 0.396 e. The smallest absolute Gasteiger partial charge is 0.271 e. The molecular weight excluding hydrogens is 328 g/mol. The molecule has 0 saturated heterocycles. The number of fused-ring (bicyclic) bond motifs is 1. The average Bonchev–Trinajstić information content (AvgIpc) is 3.05. The highest BCUT2D eigenvalue weighted by Gasteiger charge is 2.28. The Balaban J connectivity index is 1.76. The zero-order chi connectivity index (χ0) is 18.4. The second kappa shape index (κ2) is 8.96. The summed E-state index contributed by atoms with van der Waals surface area (Å²) in [7, 11) is 1.65. The molecule has 1 amide bonds. The van der Waals surface area contributed by atoms with E-state index in [9.17, 15) is 4.79 Å². The van der Waals surface area contributed by atoms with Gasteiger partial charge in [0.1, 0.15) is 0 Å². The van der Waals surface area contributed by atoms with Crippen molar-refractivity contribution in [3.63, 3.8) is 0 Å². The van der Waals surface area contributed by atoms with Gasteiger partial charge in [-0.15, -0.1) is 0 Å². The molecule has 0 aliphatic heterocycles. The van der Waals surface area contributed by atoms with E-state index in [1.54, 1.807) is 7.05 Å². The average molecular weight is 356 g/mol. The standard InChI is InChI=1S/C20H28N4O2/c1-21-20(26)19-17-14-16(22-11-5-13-25)8-9-18(17)24(23-19)12-10-15-6-3-2-4-7-15/h2-4,6-7,16,22,25H,5,8-14H2,1H3,(H,21,26)/t16-/m1/s1. The number of nitrogens with zero attached hydrogens (tertiary/aromatic N) is 2. The van der Waals surface area contributed by atoms with Crippen molar-refractivity contribution >= 4 is 5.91 Å². The number of aromatic nitrogens is 2. The lowest BCUT2D eigenvalue weighted by Crippen LogP contribution is -2.36. The van der Waals surface area contributed by atoms with Gasteiger partial charge in [0, 0.05) is 37.5 Å². The highest BCUT2D eigenvalue weighted by atomic mass is 16.3. The summed E-state index contributed by atoms with van der Waals surface area (Å²) in [5.41, 5.74) is 4.10. The molecule has 140 valence electrons. The maximum absolute atomic E-state index is 12.3. The zero-order valence-corrected chi connectivity index (χ0v) is 15.4. The number of amides is 1. The summed E-state index contributed by atoms with van der Waals surface area (Å²) in [6, 6.07) is 10.7. The minimum Gasteiger partial charge on any atom is -0.396 e. The van der Waals surface area contributed by atoms with Crippen LogP contribution in [0.4, 0.5) is 0 Å². The summed E-state index contributed by atoms with van der Waals surface area (Å²) in [4.78, 5) is 12.3. The van der Waals surface area contributed by atoms with Crippen LogP contribution in [0.15, 0.2) is 30.3 Å². The van der Waals surface area contributed by atoms with Crippen LogP contribution in [-0.4, -0.2) is 47.0 Å². The third-order valence-electron chi connectivity index (χ3n) is 5.01. The highest BCUT2D eigenvalue weighted by Crippen LogP contribution is 2.25. The van der Waals surface area contributed by atoms with Gasteiger partial charge < -0.3 is 15.7 Å². The van der Waals surface area contributed by atoms with Crippen molar-refractivity contribution in [2.24, 2.45) is 0 Å². The quantitative estimate of drug-likeness (QED) is 0.623. The van der Waals surface area contributed by atoms with Gasteiger partial charge in [-0.3, -0.25) is 9.48 Å². The van der Waals surface area contributed by atoms with Gasteiger partial charge in [0.05, 0.1) is 0 Å².